The maximum atomic E-state index is 11.3. The van der Waals surface area contributed by atoms with E-state index in [0.29, 0.717) is 18.7 Å². The molecule has 1 aromatic heterocycles. The summed E-state index contributed by atoms with van der Waals surface area (Å²) in [5.41, 5.74) is 1.32. The van der Waals surface area contributed by atoms with Crippen LogP contribution in [0.5, 0.6) is 0 Å². The average Bonchev–Trinajstić information content (AvgIpc) is 2.73. The van der Waals surface area contributed by atoms with Crippen molar-refractivity contribution in [2.75, 3.05) is 12.3 Å². The van der Waals surface area contributed by atoms with Gasteiger partial charge in [0.2, 0.25) is 5.91 Å². The highest BCUT2D eigenvalue weighted by Crippen LogP contribution is 2.25. The number of nitrogens with one attached hydrogen (secondary N) is 1. The van der Waals surface area contributed by atoms with Crippen molar-refractivity contribution in [2.45, 2.75) is 12.8 Å². The van der Waals surface area contributed by atoms with Crippen molar-refractivity contribution in [1.82, 2.24) is 5.32 Å². The van der Waals surface area contributed by atoms with E-state index in [9.17, 15) is 4.79 Å². The number of hydrogen-bond donors (Lipinski definition) is 2. The molecule has 0 unspecified atom stereocenters. The zero-order valence-corrected chi connectivity index (χ0v) is 11.2. The van der Waals surface area contributed by atoms with E-state index in [2.05, 4.69) is 47.6 Å². The minimum absolute atomic E-state index is 0.0829. The fourth-order valence-electron chi connectivity index (χ4n) is 1.75. The van der Waals surface area contributed by atoms with Crippen molar-refractivity contribution in [2.24, 2.45) is 0 Å². The summed E-state index contributed by atoms with van der Waals surface area (Å²) in [5, 5.41) is 6.39. The normalized spacial score (nSPS) is 10.6. The highest BCUT2D eigenvalue weighted by Gasteiger charge is 2.04. The molecular weight excluding hydrogens is 250 g/mol. The Hall–Kier alpha value is -1.00. The van der Waals surface area contributed by atoms with E-state index in [-0.39, 0.29) is 5.91 Å². The fraction of sp³-hybridized carbons (Fsp3) is 0.308. The standard InChI is InChI=1S/C13H15NOS2/c15-13(6-8-16)14-7-5-10-9-17-12-4-2-1-3-11(10)12/h1-4,9,16H,5-8H2,(H,14,15). The van der Waals surface area contributed by atoms with Crippen LogP contribution in [0, 0.1) is 0 Å². The molecule has 0 radical (unpaired) electrons. The lowest BCUT2D eigenvalue weighted by molar-refractivity contribution is -0.120. The van der Waals surface area contributed by atoms with Crippen LogP contribution in [0.2, 0.25) is 0 Å². The Bertz CT molecular complexity index is 507. The van der Waals surface area contributed by atoms with Gasteiger partial charge in [-0.1, -0.05) is 18.2 Å². The summed E-state index contributed by atoms with van der Waals surface area (Å²) < 4.78 is 1.31. The van der Waals surface area contributed by atoms with Crippen LogP contribution in [0.15, 0.2) is 29.6 Å². The van der Waals surface area contributed by atoms with Gasteiger partial charge in [-0.25, -0.2) is 0 Å². The van der Waals surface area contributed by atoms with Crippen LogP contribution < -0.4 is 5.32 Å². The molecule has 2 rings (SSSR count). The summed E-state index contributed by atoms with van der Waals surface area (Å²) in [5.74, 6) is 0.687. The molecule has 0 bridgehead atoms. The summed E-state index contributed by atoms with van der Waals surface area (Å²) in [6, 6.07) is 8.37. The van der Waals surface area contributed by atoms with E-state index in [1.165, 1.54) is 15.6 Å². The minimum Gasteiger partial charge on any atom is -0.356 e. The van der Waals surface area contributed by atoms with E-state index in [1.54, 1.807) is 11.3 Å². The molecule has 0 aliphatic rings. The van der Waals surface area contributed by atoms with E-state index in [4.69, 9.17) is 0 Å². The number of carbonyl (C=O) groups excluding carboxylic acids is 1. The Morgan fingerprint density at radius 1 is 1.35 bits per heavy atom. The van der Waals surface area contributed by atoms with E-state index < -0.39 is 0 Å². The van der Waals surface area contributed by atoms with Gasteiger partial charge in [0.05, 0.1) is 0 Å². The van der Waals surface area contributed by atoms with Crippen molar-refractivity contribution in [3.05, 3.63) is 35.2 Å². The SMILES string of the molecule is O=C(CCS)NCCc1csc2ccccc12. The first kappa shape index (κ1) is 12.5. The lowest BCUT2D eigenvalue weighted by Crippen LogP contribution is -2.25. The van der Waals surface area contributed by atoms with Crippen molar-refractivity contribution >= 4 is 40.0 Å². The molecule has 1 aromatic carbocycles. The van der Waals surface area contributed by atoms with Crippen molar-refractivity contribution in [1.29, 1.82) is 0 Å². The molecule has 1 heterocycles. The Kier molecular flexibility index (Phi) is 4.45. The number of rotatable bonds is 5. The molecule has 0 aliphatic heterocycles. The van der Waals surface area contributed by atoms with Crippen molar-refractivity contribution in [3.8, 4) is 0 Å². The molecule has 1 amide bonds. The molecule has 0 atom stereocenters. The molecule has 0 saturated carbocycles. The summed E-state index contributed by atoms with van der Waals surface area (Å²) in [6.45, 7) is 0.702. The third kappa shape index (κ3) is 3.23. The third-order valence-electron chi connectivity index (χ3n) is 2.62. The average molecular weight is 265 g/mol. The van der Waals surface area contributed by atoms with E-state index >= 15 is 0 Å². The number of amides is 1. The highest BCUT2D eigenvalue weighted by molar-refractivity contribution is 7.80. The lowest BCUT2D eigenvalue weighted by Gasteiger charge is -2.03. The molecule has 0 aliphatic carbocycles. The van der Waals surface area contributed by atoms with Gasteiger partial charge in [-0.05, 0) is 34.6 Å². The molecule has 0 fully saturated rings. The maximum Gasteiger partial charge on any atom is 0.220 e. The number of thiophene rings is 1. The van der Waals surface area contributed by atoms with Gasteiger partial charge < -0.3 is 5.32 Å². The number of fused-ring (bicyclic) bond motifs is 1. The van der Waals surface area contributed by atoms with Crippen LogP contribution >= 0.6 is 24.0 Å². The molecular formula is C13H15NOS2. The van der Waals surface area contributed by atoms with Gasteiger partial charge in [0.25, 0.3) is 0 Å². The third-order valence-corrected chi connectivity index (χ3v) is 3.85. The Labute approximate surface area is 110 Å². The quantitative estimate of drug-likeness (QED) is 0.800. The smallest absolute Gasteiger partial charge is 0.220 e. The van der Waals surface area contributed by atoms with Crippen LogP contribution in [-0.4, -0.2) is 18.2 Å². The van der Waals surface area contributed by atoms with Gasteiger partial charge in [0.1, 0.15) is 0 Å². The largest absolute Gasteiger partial charge is 0.356 e. The van der Waals surface area contributed by atoms with Gasteiger partial charge in [-0.3, -0.25) is 4.79 Å². The minimum atomic E-state index is 0.0829. The molecule has 2 nitrogen and oxygen atoms in total. The zero-order valence-electron chi connectivity index (χ0n) is 9.48. The van der Waals surface area contributed by atoms with Crippen LogP contribution in [-0.2, 0) is 11.2 Å². The lowest BCUT2D eigenvalue weighted by atomic mass is 10.1. The summed E-state index contributed by atoms with van der Waals surface area (Å²) in [4.78, 5) is 11.3. The summed E-state index contributed by atoms with van der Waals surface area (Å²) in [7, 11) is 0. The van der Waals surface area contributed by atoms with Gasteiger partial charge in [-0.15, -0.1) is 11.3 Å². The molecule has 2 aromatic rings. The van der Waals surface area contributed by atoms with Crippen molar-refractivity contribution in [3.63, 3.8) is 0 Å². The predicted molar refractivity (Wildman–Crippen MR) is 77.0 cm³/mol. The molecule has 0 saturated heterocycles. The first-order valence-electron chi connectivity index (χ1n) is 5.64. The second-order valence-electron chi connectivity index (χ2n) is 3.83. The summed E-state index contributed by atoms with van der Waals surface area (Å²) >= 11 is 5.79. The highest BCUT2D eigenvalue weighted by atomic mass is 32.1. The first-order chi connectivity index (χ1) is 8.31. The zero-order chi connectivity index (χ0) is 12.1. The number of thiol groups is 1. The number of hydrogen-bond acceptors (Lipinski definition) is 3. The van der Waals surface area contributed by atoms with Gasteiger partial charge in [-0.2, -0.15) is 12.6 Å². The van der Waals surface area contributed by atoms with Crippen molar-refractivity contribution < 1.29 is 4.79 Å². The molecule has 90 valence electrons. The van der Waals surface area contributed by atoms with E-state index in [1.807, 2.05) is 0 Å². The molecule has 1 N–H and O–H groups in total. The summed E-state index contributed by atoms with van der Waals surface area (Å²) in [6.07, 6.45) is 1.38. The Morgan fingerprint density at radius 2 is 2.18 bits per heavy atom. The first-order valence-corrected chi connectivity index (χ1v) is 7.15. The second kappa shape index (κ2) is 6.07. The Balaban J connectivity index is 1.93. The van der Waals surface area contributed by atoms with E-state index in [0.717, 1.165) is 6.42 Å². The molecule has 17 heavy (non-hydrogen) atoms. The topological polar surface area (TPSA) is 29.1 Å². The molecule has 0 spiro atoms. The predicted octanol–water partition coefficient (Wildman–Crippen LogP) is 2.88. The number of carbonyl (C=O) groups is 1. The fourth-order valence-corrected chi connectivity index (χ4v) is 2.95. The van der Waals surface area contributed by atoms with Gasteiger partial charge >= 0.3 is 0 Å². The van der Waals surface area contributed by atoms with Gasteiger partial charge in [0.15, 0.2) is 0 Å². The van der Waals surface area contributed by atoms with Crippen LogP contribution in [0.4, 0.5) is 0 Å². The molecule has 4 heteroatoms. The monoisotopic (exact) mass is 265 g/mol. The second-order valence-corrected chi connectivity index (χ2v) is 5.19. The van der Waals surface area contributed by atoms with Crippen LogP contribution in [0.1, 0.15) is 12.0 Å². The van der Waals surface area contributed by atoms with Crippen LogP contribution in [0.25, 0.3) is 10.1 Å². The maximum absolute atomic E-state index is 11.3. The number of benzene rings is 1. The van der Waals surface area contributed by atoms with Crippen LogP contribution in [0.3, 0.4) is 0 Å². The Morgan fingerprint density at radius 3 is 3.00 bits per heavy atom. The van der Waals surface area contributed by atoms with Gasteiger partial charge in [0, 0.05) is 17.7 Å².